The molecule has 1 aliphatic rings. The Kier molecular flexibility index (Phi) is 18.9. The summed E-state index contributed by atoms with van der Waals surface area (Å²) in [6.07, 6.45) is 9.22. The van der Waals surface area contributed by atoms with Crippen molar-refractivity contribution in [2.24, 2.45) is 11.8 Å². The van der Waals surface area contributed by atoms with Crippen molar-refractivity contribution in [2.45, 2.75) is 90.9 Å². The van der Waals surface area contributed by atoms with Crippen LogP contribution in [-0.4, -0.2) is 50.7 Å². The van der Waals surface area contributed by atoms with Crippen molar-refractivity contribution < 1.29 is 67.8 Å². The van der Waals surface area contributed by atoms with Crippen LogP contribution in [-0.2, 0) is 39.1 Å². The number of rotatable bonds is 22. The zero-order valence-electron chi connectivity index (χ0n) is 28.8. The summed E-state index contributed by atoms with van der Waals surface area (Å²) in [5.41, 5.74) is 0.364. The molecular weight excluding hydrogens is 656 g/mol. The number of carbonyl (C=O) groups excluding carboxylic acids is 4. The molecule has 0 N–H and O–H groups in total. The van der Waals surface area contributed by atoms with Crippen LogP contribution >= 0.6 is 0 Å². The number of ether oxygens (including phenoxy) is 4. The highest BCUT2D eigenvalue weighted by Gasteiger charge is 2.25. The van der Waals surface area contributed by atoms with E-state index in [0.29, 0.717) is 50.4 Å². The van der Waals surface area contributed by atoms with Crippen LogP contribution in [0.25, 0.3) is 0 Å². The lowest BCUT2D eigenvalue weighted by Gasteiger charge is -2.27. The largest absolute Gasteiger partial charge is 0.543 e. The Balaban J connectivity index is 1.18. The van der Waals surface area contributed by atoms with Crippen LogP contribution in [0.2, 0.25) is 0 Å². The van der Waals surface area contributed by atoms with Gasteiger partial charge in [0.2, 0.25) is 0 Å². The van der Waals surface area contributed by atoms with Gasteiger partial charge in [-0.25, -0.2) is 29.0 Å². The highest BCUT2D eigenvalue weighted by molar-refractivity contribution is 5.89. The lowest BCUT2D eigenvalue weighted by atomic mass is 9.83. The third kappa shape index (κ3) is 16.2. The van der Waals surface area contributed by atoms with E-state index < -0.39 is 24.2 Å². The predicted molar refractivity (Wildman–Crippen MR) is 175 cm³/mol. The third-order valence-electron chi connectivity index (χ3n) is 7.98. The molecule has 0 spiro atoms. The van der Waals surface area contributed by atoms with Gasteiger partial charge in [0.15, 0.2) is 0 Å². The molecule has 0 saturated heterocycles. The van der Waals surface area contributed by atoms with Crippen molar-refractivity contribution in [3.05, 3.63) is 59.7 Å². The zero-order valence-corrected chi connectivity index (χ0v) is 28.8. The molecule has 2 aromatic carbocycles. The quantitative estimate of drug-likeness (QED) is 0.0497. The van der Waals surface area contributed by atoms with Gasteiger partial charge in [0, 0.05) is 0 Å². The van der Waals surface area contributed by atoms with Crippen molar-refractivity contribution in [3.63, 3.8) is 0 Å². The lowest BCUT2D eigenvalue weighted by Crippen LogP contribution is -2.24. The maximum atomic E-state index is 12.1. The van der Waals surface area contributed by atoms with E-state index in [1.165, 1.54) is 24.3 Å². The standard InChI is InChI=1S/C36H48O14/c1-3-5-7-9-23-41-31-19-15-29(16-20-31)33(37)45-49-47-35(39)43-25-27-11-13-28(14-12-27)26-44-36(40)48-50-46-34(38)30-17-21-32(22-18-30)42-24-10-8-6-4-2/h15-22,27-28H,3-14,23-26H2,1-2H3. The van der Waals surface area contributed by atoms with Crippen LogP contribution in [0.5, 0.6) is 11.5 Å². The molecular formula is C36H48O14. The van der Waals surface area contributed by atoms with Crippen LogP contribution in [0.1, 0.15) is 112 Å². The molecule has 0 radical (unpaired) electrons. The van der Waals surface area contributed by atoms with Gasteiger partial charge in [0.05, 0.1) is 47.6 Å². The van der Waals surface area contributed by atoms with Gasteiger partial charge in [-0.3, -0.25) is 9.78 Å². The molecule has 276 valence electrons. The smallest absolute Gasteiger partial charge is 0.494 e. The molecule has 14 nitrogen and oxygen atoms in total. The average molecular weight is 705 g/mol. The molecule has 0 aliphatic heterocycles. The fourth-order valence-electron chi connectivity index (χ4n) is 5.04. The Morgan fingerprint density at radius 2 is 0.900 bits per heavy atom. The van der Waals surface area contributed by atoms with Gasteiger partial charge in [-0.1, -0.05) is 52.4 Å². The Hall–Kier alpha value is -4.56. The second kappa shape index (κ2) is 23.7. The highest BCUT2D eigenvalue weighted by Crippen LogP contribution is 2.29. The SMILES string of the molecule is CCCCCCOc1ccc(C(=O)OOOC(=O)OCC2CCC(COC(=O)OOOC(=O)c3ccc(OCCCCCC)cc3)CC2)cc1. The minimum atomic E-state index is -1.15. The monoisotopic (exact) mass is 704 g/mol. The minimum Gasteiger partial charge on any atom is -0.494 e. The van der Waals surface area contributed by atoms with E-state index in [0.717, 1.165) is 51.4 Å². The molecule has 0 unspecified atom stereocenters. The molecule has 1 aliphatic carbocycles. The van der Waals surface area contributed by atoms with Gasteiger partial charge in [-0.2, -0.15) is 0 Å². The molecule has 0 heterocycles. The first-order valence-corrected chi connectivity index (χ1v) is 17.3. The highest BCUT2D eigenvalue weighted by atomic mass is 17.5. The van der Waals surface area contributed by atoms with Crippen LogP contribution in [0, 0.1) is 11.8 Å². The fraction of sp³-hybridized carbons (Fsp3) is 0.556. The average Bonchev–Trinajstić information content (AvgIpc) is 3.13. The summed E-state index contributed by atoms with van der Waals surface area (Å²) in [7, 11) is 0. The van der Waals surface area contributed by atoms with Gasteiger partial charge in [-0.15, -0.1) is 0 Å². The first-order valence-electron chi connectivity index (χ1n) is 17.3. The summed E-state index contributed by atoms with van der Waals surface area (Å²) in [6.45, 7) is 5.62. The van der Waals surface area contributed by atoms with Crippen LogP contribution < -0.4 is 9.47 Å². The summed E-state index contributed by atoms with van der Waals surface area (Å²) >= 11 is 0. The molecule has 1 saturated carbocycles. The Bertz CT molecular complexity index is 1170. The summed E-state index contributed by atoms with van der Waals surface area (Å²) in [5, 5.41) is 8.57. The molecule has 3 rings (SSSR count). The first-order chi connectivity index (χ1) is 24.4. The van der Waals surface area contributed by atoms with Gasteiger partial charge < -0.3 is 18.9 Å². The van der Waals surface area contributed by atoms with Gasteiger partial charge >= 0.3 is 24.2 Å². The molecule has 1 fully saturated rings. The fourth-order valence-corrected chi connectivity index (χ4v) is 5.04. The second-order valence-electron chi connectivity index (χ2n) is 11.9. The maximum Gasteiger partial charge on any atom is 0.543 e. The zero-order chi connectivity index (χ0) is 35.8. The molecule has 0 amide bonds. The van der Waals surface area contributed by atoms with Gasteiger partial charge in [0.1, 0.15) is 11.5 Å². The van der Waals surface area contributed by atoms with Crippen molar-refractivity contribution in [1.82, 2.24) is 0 Å². The Labute approximate surface area is 292 Å². The second-order valence-corrected chi connectivity index (χ2v) is 11.9. The van der Waals surface area contributed by atoms with Gasteiger partial charge in [0.25, 0.3) is 0 Å². The molecule has 50 heavy (non-hydrogen) atoms. The van der Waals surface area contributed by atoms with E-state index >= 15 is 0 Å². The first kappa shape index (κ1) is 39.9. The van der Waals surface area contributed by atoms with E-state index in [4.69, 9.17) is 18.9 Å². The number of unbranched alkanes of at least 4 members (excludes halogenated alkanes) is 6. The Morgan fingerprint density at radius 1 is 0.520 bits per heavy atom. The third-order valence-corrected chi connectivity index (χ3v) is 7.98. The Morgan fingerprint density at radius 3 is 1.26 bits per heavy atom. The van der Waals surface area contributed by atoms with E-state index in [9.17, 15) is 19.2 Å². The number of carbonyl (C=O) groups is 4. The van der Waals surface area contributed by atoms with E-state index in [2.05, 4.69) is 43.5 Å². The topological polar surface area (TPSA) is 161 Å². The lowest BCUT2D eigenvalue weighted by molar-refractivity contribution is -0.452. The summed E-state index contributed by atoms with van der Waals surface area (Å²) in [4.78, 5) is 65.6. The normalized spacial score (nSPS) is 15.3. The molecule has 14 heteroatoms. The summed E-state index contributed by atoms with van der Waals surface area (Å²) in [6, 6.07) is 12.6. The van der Waals surface area contributed by atoms with Crippen molar-refractivity contribution in [1.29, 1.82) is 0 Å². The molecule has 0 atom stereocenters. The van der Waals surface area contributed by atoms with E-state index in [1.807, 2.05) is 0 Å². The number of hydrogen-bond donors (Lipinski definition) is 0. The molecule has 2 aromatic rings. The van der Waals surface area contributed by atoms with Crippen LogP contribution in [0.3, 0.4) is 0 Å². The molecule has 0 bridgehead atoms. The van der Waals surface area contributed by atoms with Crippen LogP contribution in [0.4, 0.5) is 9.59 Å². The number of hydrogen-bond acceptors (Lipinski definition) is 14. The van der Waals surface area contributed by atoms with E-state index in [1.54, 1.807) is 24.3 Å². The van der Waals surface area contributed by atoms with Crippen molar-refractivity contribution in [3.8, 4) is 11.5 Å². The van der Waals surface area contributed by atoms with Gasteiger partial charge in [-0.05, 0) is 98.9 Å². The van der Waals surface area contributed by atoms with Crippen molar-refractivity contribution in [2.75, 3.05) is 26.4 Å². The summed E-state index contributed by atoms with van der Waals surface area (Å²) < 4.78 is 21.4. The van der Waals surface area contributed by atoms with Crippen molar-refractivity contribution >= 4 is 24.2 Å². The maximum absolute atomic E-state index is 12.1. The predicted octanol–water partition coefficient (Wildman–Crippen LogP) is 8.42. The van der Waals surface area contributed by atoms with Crippen LogP contribution in [0.15, 0.2) is 48.5 Å². The molecule has 0 aromatic heterocycles. The number of benzene rings is 2. The minimum absolute atomic E-state index is 0.0508. The summed E-state index contributed by atoms with van der Waals surface area (Å²) in [5.74, 6) is -0.353. The van der Waals surface area contributed by atoms with E-state index in [-0.39, 0.29) is 36.2 Å².